The number of nitrogens with zero attached hydrogens (tertiary/aromatic N) is 3. The smallest absolute Gasteiger partial charge is 0.266 e. The van der Waals surface area contributed by atoms with Gasteiger partial charge in [0.15, 0.2) is 0 Å². The summed E-state index contributed by atoms with van der Waals surface area (Å²) in [5.74, 6) is 0.700. The Morgan fingerprint density at radius 2 is 2.00 bits per heavy atom. The molecule has 33 heavy (non-hydrogen) atoms. The minimum absolute atomic E-state index is 0.0579. The molecule has 0 spiro atoms. The summed E-state index contributed by atoms with van der Waals surface area (Å²) in [5.41, 5.74) is 3.51. The predicted molar refractivity (Wildman–Crippen MR) is 134 cm³/mol. The van der Waals surface area contributed by atoms with E-state index in [0.29, 0.717) is 15.8 Å². The van der Waals surface area contributed by atoms with Gasteiger partial charge in [0, 0.05) is 23.9 Å². The van der Waals surface area contributed by atoms with Crippen molar-refractivity contribution in [3.05, 3.63) is 71.3 Å². The molecule has 2 aliphatic rings. The van der Waals surface area contributed by atoms with Gasteiger partial charge in [0.2, 0.25) is 0 Å². The van der Waals surface area contributed by atoms with Gasteiger partial charge in [-0.1, -0.05) is 42.2 Å². The average Bonchev–Trinajstić information content (AvgIpc) is 3.57. The molecule has 2 saturated heterocycles. The Kier molecular flexibility index (Phi) is 6.30. The van der Waals surface area contributed by atoms with Gasteiger partial charge in [-0.3, -0.25) is 9.69 Å². The lowest BCUT2D eigenvalue weighted by Gasteiger charge is -2.18. The Morgan fingerprint density at radius 1 is 1.21 bits per heavy atom. The standard InChI is InChI=1S/C25H23N3O3S2/c1-30-20-11-9-17(10-12-20)23-18(15-28(26-23)19-6-3-2-4-7-19)14-22-24(29)27(25(32)33-22)16-21-8-5-13-31-21/h2-4,6-7,9-12,14-15,21H,5,8,13,16H2,1H3/b22-14-/t21-/m0/s1. The summed E-state index contributed by atoms with van der Waals surface area (Å²) in [4.78, 5) is 15.4. The SMILES string of the molecule is COc1ccc(-c2nn(-c3ccccc3)cc2/C=C2\SC(=S)N(C[C@@H]3CCCO3)C2=O)cc1. The van der Waals surface area contributed by atoms with Gasteiger partial charge in [-0.15, -0.1) is 0 Å². The van der Waals surface area contributed by atoms with Crippen molar-refractivity contribution in [3.8, 4) is 22.7 Å². The molecule has 0 unspecified atom stereocenters. The summed E-state index contributed by atoms with van der Waals surface area (Å²) >= 11 is 6.85. The van der Waals surface area contributed by atoms with Crippen LogP contribution in [0.2, 0.25) is 0 Å². The Bertz CT molecular complexity index is 1200. The van der Waals surface area contributed by atoms with E-state index in [9.17, 15) is 4.79 Å². The maximum absolute atomic E-state index is 13.2. The summed E-state index contributed by atoms with van der Waals surface area (Å²) in [6.45, 7) is 1.26. The molecule has 0 radical (unpaired) electrons. The Balaban J connectivity index is 1.50. The van der Waals surface area contributed by atoms with E-state index in [2.05, 4.69) is 0 Å². The monoisotopic (exact) mass is 477 g/mol. The molecule has 0 N–H and O–H groups in total. The average molecular weight is 478 g/mol. The van der Waals surface area contributed by atoms with Gasteiger partial charge in [-0.25, -0.2) is 4.68 Å². The fourth-order valence-corrected chi connectivity index (χ4v) is 5.24. The Labute approximate surface area is 202 Å². The number of aromatic nitrogens is 2. The zero-order valence-corrected chi connectivity index (χ0v) is 19.8. The highest BCUT2D eigenvalue weighted by Crippen LogP contribution is 2.35. The van der Waals surface area contributed by atoms with E-state index in [4.69, 9.17) is 26.8 Å². The quantitative estimate of drug-likeness (QED) is 0.371. The van der Waals surface area contributed by atoms with Crippen LogP contribution in [0.4, 0.5) is 0 Å². The molecule has 168 valence electrons. The van der Waals surface area contributed by atoms with Gasteiger partial charge in [-0.05, 0) is 55.3 Å². The molecular formula is C25H23N3O3S2. The first-order valence-corrected chi connectivity index (χ1v) is 12.0. The molecular weight excluding hydrogens is 454 g/mol. The minimum Gasteiger partial charge on any atom is -0.497 e. The number of hydrogen-bond acceptors (Lipinski definition) is 6. The van der Waals surface area contributed by atoms with Gasteiger partial charge < -0.3 is 9.47 Å². The largest absolute Gasteiger partial charge is 0.497 e. The number of amides is 1. The first-order chi connectivity index (χ1) is 16.1. The highest BCUT2D eigenvalue weighted by Gasteiger charge is 2.35. The van der Waals surface area contributed by atoms with Crippen molar-refractivity contribution in [2.24, 2.45) is 0 Å². The predicted octanol–water partition coefficient (Wildman–Crippen LogP) is 4.93. The molecule has 2 fully saturated rings. The second kappa shape index (κ2) is 9.51. The molecule has 5 rings (SSSR count). The van der Waals surface area contributed by atoms with Crippen LogP contribution in [0.1, 0.15) is 18.4 Å². The molecule has 1 atom stereocenters. The van der Waals surface area contributed by atoms with Crippen molar-refractivity contribution in [1.82, 2.24) is 14.7 Å². The van der Waals surface area contributed by atoms with Crippen LogP contribution in [-0.4, -0.2) is 51.3 Å². The molecule has 3 heterocycles. The summed E-state index contributed by atoms with van der Waals surface area (Å²) in [6.07, 6.45) is 5.88. The highest BCUT2D eigenvalue weighted by molar-refractivity contribution is 8.26. The van der Waals surface area contributed by atoms with Gasteiger partial charge in [0.1, 0.15) is 10.1 Å². The van der Waals surface area contributed by atoms with E-state index in [0.717, 1.165) is 47.7 Å². The molecule has 8 heteroatoms. The lowest BCUT2D eigenvalue weighted by Crippen LogP contribution is -2.35. The van der Waals surface area contributed by atoms with Crippen molar-refractivity contribution in [3.63, 3.8) is 0 Å². The zero-order valence-electron chi connectivity index (χ0n) is 18.1. The second-order valence-corrected chi connectivity index (χ2v) is 9.54. The van der Waals surface area contributed by atoms with Crippen LogP contribution in [0.5, 0.6) is 5.75 Å². The van der Waals surface area contributed by atoms with Crippen molar-refractivity contribution >= 4 is 40.3 Å². The van der Waals surface area contributed by atoms with Crippen LogP contribution in [-0.2, 0) is 9.53 Å². The van der Waals surface area contributed by atoms with Crippen LogP contribution in [0, 0.1) is 0 Å². The molecule has 2 aromatic carbocycles. The maximum atomic E-state index is 13.2. The number of hydrogen-bond donors (Lipinski definition) is 0. The van der Waals surface area contributed by atoms with Gasteiger partial charge in [-0.2, -0.15) is 5.10 Å². The normalized spacial score (nSPS) is 19.6. The first kappa shape index (κ1) is 21.9. The molecule has 2 aliphatic heterocycles. The van der Waals surface area contributed by atoms with Crippen LogP contribution < -0.4 is 4.74 Å². The van der Waals surface area contributed by atoms with Gasteiger partial charge in [0.25, 0.3) is 5.91 Å². The number of carbonyl (C=O) groups excluding carboxylic acids is 1. The summed E-state index contributed by atoms with van der Waals surface area (Å²) in [5, 5.41) is 4.84. The molecule has 0 saturated carbocycles. The maximum Gasteiger partial charge on any atom is 0.266 e. The summed E-state index contributed by atoms with van der Waals surface area (Å²) in [7, 11) is 1.64. The van der Waals surface area contributed by atoms with E-state index in [-0.39, 0.29) is 12.0 Å². The number of carbonyl (C=O) groups is 1. The molecule has 1 amide bonds. The number of methoxy groups -OCH3 is 1. The first-order valence-electron chi connectivity index (χ1n) is 10.8. The number of para-hydroxylation sites is 1. The van der Waals surface area contributed by atoms with Crippen molar-refractivity contribution in [2.75, 3.05) is 20.3 Å². The van der Waals surface area contributed by atoms with Gasteiger partial charge in [0.05, 0.1) is 36.0 Å². The zero-order chi connectivity index (χ0) is 22.8. The van der Waals surface area contributed by atoms with E-state index < -0.39 is 0 Å². The van der Waals surface area contributed by atoms with E-state index >= 15 is 0 Å². The van der Waals surface area contributed by atoms with Crippen LogP contribution >= 0.6 is 24.0 Å². The van der Waals surface area contributed by atoms with Crippen molar-refractivity contribution < 1.29 is 14.3 Å². The summed E-state index contributed by atoms with van der Waals surface area (Å²) in [6, 6.07) is 17.7. The lowest BCUT2D eigenvalue weighted by atomic mass is 10.1. The topological polar surface area (TPSA) is 56.6 Å². The lowest BCUT2D eigenvalue weighted by molar-refractivity contribution is -0.123. The second-order valence-electron chi connectivity index (χ2n) is 7.87. The van der Waals surface area contributed by atoms with Gasteiger partial charge >= 0.3 is 0 Å². The number of thiocarbonyl (C=S) groups is 1. The molecule has 0 aliphatic carbocycles. The Morgan fingerprint density at radius 3 is 2.70 bits per heavy atom. The number of thioether (sulfide) groups is 1. The summed E-state index contributed by atoms with van der Waals surface area (Å²) < 4.78 is 13.4. The minimum atomic E-state index is -0.0753. The Hall–Kier alpha value is -2.94. The van der Waals surface area contributed by atoms with Crippen LogP contribution in [0.25, 0.3) is 23.0 Å². The van der Waals surface area contributed by atoms with Crippen LogP contribution in [0.15, 0.2) is 65.7 Å². The number of benzene rings is 2. The molecule has 3 aromatic rings. The van der Waals surface area contributed by atoms with E-state index in [1.807, 2.05) is 71.6 Å². The third kappa shape index (κ3) is 4.59. The van der Waals surface area contributed by atoms with E-state index in [1.165, 1.54) is 11.8 Å². The molecule has 1 aromatic heterocycles. The fraction of sp³-hybridized carbons (Fsp3) is 0.240. The van der Waals surface area contributed by atoms with Crippen LogP contribution in [0.3, 0.4) is 0 Å². The third-order valence-corrected chi connectivity index (χ3v) is 7.07. The molecule has 6 nitrogen and oxygen atoms in total. The number of rotatable bonds is 6. The number of ether oxygens (including phenoxy) is 2. The molecule has 0 bridgehead atoms. The highest BCUT2D eigenvalue weighted by atomic mass is 32.2. The van der Waals surface area contributed by atoms with E-state index in [1.54, 1.807) is 12.0 Å². The van der Waals surface area contributed by atoms with Crippen molar-refractivity contribution in [2.45, 2.75) is 18.9 Å². The third-order valence-electron chi connectivity index (χ3n) is 5.70. The fourth-order valence-electron chi connectivity index (χ4n) is 3.97. The van der Waals surface area contributed by atoms with Crippen molar-refractivity contribution in [1.29, 1.82) is 0 Å².